The fraction of sp³-hybridized carbons (Fsp3) is 0.389. The zero-order chi connectivity index (χ0) is 14.5. The van der Waals surface area contributed by atoms with Crippen molar-refractivity contribution in [1.82, 2.24) is 10.3 Å². The number of ether oxygens (including phenoxy) is 1. The lowest BCUT2D eigenvalue weighted by atomic mass is 9.95. The minimum absolute atomic E-state index is 0.552. The van der Waals surface area contributed by atoms with Crippen molar-refractivity contribution >= 4 is 0 Å². The highest BCUT2D eigenvalue weighted by Crippen LogP contribution is 2.24. The summed E-state index contributed by atoms with van der Waals surface area (Å²) in [5.41, 5.74) is 3.52. The molecule has 1 N–H and O–H groups in total. The van der Waals surface area contributed by atoms with Crippen molar-refractivity contribution in [3.63, 3.8) is 0 Å². The molecular formula is C18H22N2O. The monoisotopic (exact) mass is 282 g/mol. The normalized spacial score (nSPS) is 18.4. The van der Waals surface area contributed by atoms with E-state index >= 15 is 0 Å². The molecule has 2 aromatic rings. The number of piperidine rings is 1. The Balaban J connectivity index is 1.79. The number of hydrogen-bond donors (Lipinski definition) is 1. The van der Waals surface area contributed by atoms with E-state index < -0.39 is 0 Å². The van der Waals surface area contributed by atoms with Crippen LogP contribution in [0.1, 0.15) is 35.7 Å². The first-order valence-electron chi connectivity index (χ1n) is 7.65. The summed E-state index contributed by atoms with van der Waals surface area (Å²) in [5, 5.41) is 3.46. The van der Waals surface area contributed by atoms with Crippen LogP contribution in [0.15, 0.2) is 42.5 Å². The Hall–Kier alpha value is -1.87. The maximum absolute atomic E-state index is 5.43. The minimum Gasteiger partial charge on any atom is -0.496 e. The van der Waals surface area contributed by atoms with Crippen LogP contribution >= 0.6 is 0 Å². The maximum atomic E-state index is 5.43. The average Bonchev–Trinajstić information content (AvgIpc) is 2.56. The van der Waals surface area contributed by atoms with Crippen LogP contribution in [0.3, 0.4) is 0 Å². The molecule has 1 aliphatic heterocycles. The molecule has 1 aromatic heterocycles. The highest BCUT2D eigenvalue weighted by Gasteiger charge is 2.16. The fourth-order valence-electron chi connectivity index (χ4n) is 2.97. The van der Waals surface area contributed by atoms with Crippen molar-refractivity contribution in [2.24, 2.45) is 0 Å². The van der Waals surface area contributed by atoms with E-state index in [1.165, 1.54) is 24.1 Å². The highest BCUT2D eigenvalue weighted by atomic mass is 16.5. The standard InChI is InChI=1S/C18H22N2O/c1-21-18-10-3-2-6-14(18)12-16-8-4-9-17(20-16)15-7-5-11-19-13-15/h2-4,6,8-10,15,19H,5,7,11-13H2,1H3. The number of pyridine rings is 1. The molecule has 0 radical (unpaired) electrons. The molecule has 0 spiro atoms. The van der Waals surface area contributed by atoms with Crippen LogP contribution in [0.5, 0.6) is 5.75 Å². The largest absolute Gasteiger partial charge is 0.496 e. The highest BCUT2D eigenvalue weighted by molar-refractivity contribution is 5.36. The summed E-state index contributed by atoms with van der Waals surface area (Å²) in [6, 6.07) is 14.5. The van der Waals surface area contributed by atoms with Crippen molar-refractivity contribution < 1.29 is 4.74 Å². The Morgan fingerprint density at radius 1 is 1.19 bits per heavy atom. The lowest BCUT2D eigenvalue weighted by Gasteiger charge is -2.22. The lowest BCUT2D eigenvalue weighted by molar-refractivity contribution is 0.410. The molecule has 0 amide bonds. The SMILES string of the molecule is COc1ccccc1Cc1cccc(C2CCCNC2)n1. The third kappa shape index (κ3) is 3.42. The van der Waals surface area contributed by atoms with Gasteiger partial charge in [0, 0.05) is 35.8 Å². The van der Waals surface area contributed by atoms with Crippen LogP contribution in [0.2, 0.25) is 0 Å². The number of benzene rings is 1. The molecule has 3 heteroatoms. The van der Waals surface area contributed by atoms with Gasteiger partial charge in [0.15, 0.2) is 0 Å². The zero-order valence-corrected chi connectivity index (χ0v) is 12.5. The first-order valence-corrected chi connectivity index (χ1v) is 7.65. The molecule has 0 aliphatic carbocycles. The fourth-order valence-corrected chi connectivity index (χ4v) is 2.97. The summed E-state index contributed by atoms with van der Waals surface area (Å²) in [6.45, 7) is 2.18. The summed E-state index contributed by atoms with van der Waals surface area (Å²) in [7, 11) is 1.72. The van der Waals surface area contributed by atoms with Gasteiger partial charge in [0.05, 0.1) is 7.11 Å². The van der Waals surface area contributed by atoms with Crippen molar-refractivity contribution in [2.75, 3.05) is 20.2 Å². The van der Waals surface area contributed by atoms with E-state index in [4.69, 9.17) is 9.72 Å². The van der Waals surface area contributed by atoms with E-state index in [0.29, 0.717) is 5.92 Å². The second kappa shape index (κ2) is 6.72. The Bertz CT molecular complexity index is 591. The molecule has 21 heavy (non-hydrogen) atoms. The summed E-state index contributed by atoms with van der Waals surface area (Å²) >= 11 is 0. The number of aromatic nitrogens is 1. The molecule has 0 saturated carbocycles. The molecule has 2 heterocycles. The van der Waals surface area contributed by atoms with E-state index in [1.54, 1.807) is 7.11 Å². The summed E-state index contributed by atoms with van der Waals surface area (Å²) in [6.07, 6.45) is 3.29. The topological polar surface area (TPSA) is 34.1 Å². The van der Waals surface area contributed by atoms with Crippen LogP contribution in [-0.4, -0.2) is 25.2 Å². The molecule has 0 bridgehead atoms. The van der Waals surface area contributed by atoms with Crippen molar-refractivity contribution in [3.05, 3.63) is 59.4 Å². The number of rotatable bonds is 4. The first-order chi connectivity index (χ1) is 10.4. The number of para-hydroxylation sites is 1. The number of nitrogens with one attached hydrogen (secondary N) is 1. The summed E-state index contributed by atoms with van der Waals surface area (Å²) < 4.78 is 5.43. The summed E-state index contributed by atoms with van der Waals surface area (Å²) in [5.74, 6) is 1.49. The first kappa shape index (κ1) is 14.1. The van der Waals surface area contributed by atoms with Gasteiger partial charge in [-0.15, -0.1) is 0 Å². The maximum Gasteiger partial charge on any atom is 0.122 e. The average molecular weight is 282 g/mol. The predicted molar refractivity (Wildman–Crippen MR) is 84.9 cm³/mol. The van der Waals surface area contributed by atoms with Gasteiger partial charge in [0.2, 0.25) is 0 Å². The van der Waals surface area contributed by atoms with Gasteiger partial charge in [-0.2, -0.15) is 0 Å². The van der Waals surface area contributed by atoms with Crippen LogP contribution in [0.25, 0.3) is 0 Å². The van der Waals surface area contributed by atoms with Crippen LogP contribution < -0.4 is 10.1 Å². The number of hydrogen-bond acceptors (Lipinski definition) is 3. The molecular weight excluding hydrogens is 260 g/mol. The Labute approximate surface area is 126 Å². The smallest absolute Gasteiger partial charge is 0.122 e. The van der Waals surface area contributed by atoms with Gasteiger partial charge in [0.25, 0.3) is 0 Å². The Morgan fingerprint density at radius 3 is 2.90 bits per heavy atom. The Kier molecular flexibility index (Phi) is 4.51. The third-order valence-corrected chi connectivity index (χ3v) is 4.11. The molecule has 1 unspecified atom stereocenters. The van der Waals surface area contributed by atoms with Crippen molar-refractivity contribution in [3.8, 4) is 5.75 Å². The number of nitrogens with zero attached hydrogens (tertiary/aromatic N) is 1. The Morgan fingerprint density at radius 2 is 2.10 bits per heavy atom. The van der Waals surface area contributed by atoms with E-state index in [9.17, 15) is 0 Å². The van der Waals surface area contributed by atoms with Gasteiger partial charge in [-0.25, -0.2) is 0 Å². The van der Waals surface area contributed by atoms with Crippen molar-refractivity contribution in [2.45, 2.75) is 25.2 Å². The third-order valence-electron chi connectivity index (χ3n) is 4.11. The van der Waals surface area contributed by atoms with Gasteiger partial charge >= 0.3 is 0 Å². The molecule has 1 aromatic carbocycles. The molecule has 1 saturated heterocycles. The van der Waals surface area contributed by atoms with E-state index in [0.717, 1.165) is 31.0 Å². The van der Waals surface area contributed by atoms with Crippen LogP contribution in [0, 0.1) is 0 Å². The van der Waals surface area contributed by atoms with Gasteiger partial charge in [-0.1, -0.05) is 24.3 Å². The lowest BCUT2D eigenvalue weighted by Crippen LogP contribution is -2.28. The molecule has 1 atom stereocenters. The molecule has 3 nitrogen and oxygen atoms in total. The second-order valence-electron chi connectivity index (χ2n) is 5.59. The molecule has 110 valence electrons. The predicted octanol–water partition coefficient (Wildman–Crippen LogP) is 3.15. The second-order valence-corrected chi connectivity index (χ2v) is 5.59. The molecule has 1 aliphatic rings. The van der Waals surface area contributed by atoms with Gasteiger partial charge < -0.3 is 10.1 Å². The molecule has 3 rings (SSSR count). The quantitative estimate of drug-likeness (QED) is 0.935. The van der Waals surface area contributed by atoms with Gasteiger partial charge in [0.1, 0.15) is 5.75 Å². The van der Waals surface area contributed by atoms with Crippen LogP contribution in [-0.2, 0) is 6.42 Å². The van der Waals surface area contributed by atoms with E-state index in [1.807, 2.05) is 18.2 Å². The van der Waals surface area contributed by atoms with Crippen LogP contribution in [0.4, 0.5) is 0 Å². The van der Waals surface area contributed by atoms with Gasteiger partial charge in [-0.3, -0.25) is 4.98 Å². The minimum atomic E-state index is 0.552. The van der Waals surface area contributed by atoms with E-state index in [-0.39, 0.29) is 0 Å². The zero-order valence-electron chi connectivity index (χ0n) is 12.5. The van der Waals surface area contributed by atoms with E-state index in [2.05, 4.69) is 29.6 Å². The van der Waals surface area contributed by atoms with Crippen molar-refractivity contribution in [1.29, 1.82) is 0 Å². The number of methoxy groups -OCH3 is 1. The summed E-state index contributed by atoms with van der Waals surface area (Å²) in [4.78, 5) is 4.87. The van der Waals surface area contributed by atoms with Gasteiger partial charge in [-0.05, 0) is 37.6 Å². The molecule has 1 fully saturated rings.